The Labute approximate surface area is 69.3 Å². The summed E-state index contributed by atoms with van der Waals surface area (Å²) in [4.78, 5) is 0. The SMILES string of the molecule is NC(=N[AsH2])N([AsH2])[AsH2]. The van der Waals surface area contributed by atoms with Crippen LogP contribution in [0.15, 0.2) is 3.91 Å². The van der Waals surface area contributed by atoms with Gasteiger partial charge in [0, 0.05) is 0 Å². The fourth-order valence-corrected chi connectivity index (χ4v) is 1.80. The van der Waals surface area contributed by atoms with E-state index in [1.807, 2.05) is 2.73 Å². The summed E-state index contributed by atoms with van der Waals surface area (Å²) in [7, 11) is 0. The predicted octanol–water partition coefficient (Wildman–Crippen LogP) is -3.75. The second kappa shape index (κ2) is 3.89. The van der Waals surface area contributed by atoms with Crippen molar-refractivity contribution in [1.82, 2.24) is 2.73 Å². The summed E-state index contributed by atoms with van der Waals surface area (Å²) in [5, 5.41) is 0. The van der Waals surface area contributed by atoms with Crippen molar-refractivity contribution in [3.05, 3.63) is 0 Å². The minimum atomic E-state index is 0.639. The van der Waals surface area contributed by atoms with E-state index < -0.39 is 0 Å². The summed E-state index contributed by atoms with van der Waals surface area (Å²) in [5.74, 6) is 0.639. The van der Waals surface area contributed by atoms with Gasteiger partial charge in [0.2, 0.25) is 0 Å². The minimum absolute atomic E-state index is 0.639. The normalized spacial score (nSPS) is 11.6. The number of nitrogens with two attached hydrogens (primary N) is 1. The summed E-state index contributed by atoms with van der Waals surface area (Å²) >= 11 is 4.25. The quantitative estimate of drug-likeness (QED) is 0.282. The van der Waals surface area contributed by atoms with Crippen LogP contribution < -0.4 is 5.73 Å². The molecule has 2 N–H and O–H groups in total. The average molecular weight is 287 g/mol. The molecule has 0 saturated carbocycles. The molecular weight excluding hydrogens is 279 g/mol. The first kappa shape index (κ1) is 7.95. The van der Waals surface area contributed by atoms with Crippen molar-refractivity contribution in [2.24, 2.45) is 9.64 Å². The van der Waals surface area contributed by atoms with Gasteiger partial charge in [0.05, 0.1) is 0 Å². The molecule has 0 aliphatic rings. The van der Waals surface area contributed by atoms with Crippen molar-refractivity contribution < 1.29 is 0 Å². The van der Waals surface area contributed by atoms with E-state index in [2.05, 4.69) is 3.91 Å². The van der Waals surface area contributed by atoms with Gasteiger partial charge in [0.25, 0.3) is 0 Å². The van der Waals surface area contributed by atoms with Crippen LogP contribution >= 0.6 is 0 Å². The van der Waals surface area contributed by atoms with Gasteiger partial charge in [-0.05, 0) is 0 Å². The zero-order chi connectivity index (χ0) is 5.86. The molecule has 0 amide bonds. The molecule has 0 radical (unpaired) electrons. The van der Waals surface area contributed by atoms with Crippen LogP contribution in [0, 0.1) is 0 Å². The number of hydrogen-bond acceptors (Lipinski definition) is 1. The molecule has 0 aromatic heterocycles. The van der Waals surface area contributed by atoms with Gasteiger partial charge in [0.1, 0.15) is 0 Å². The van der Waals surface area contributed by atoms with E-state index in [-0.39, 0.29) is 0 Å². The summed E-state index contributed by atoms with van der Waals surface area (Å²) in [6.07, 6.45) is 0. The third kappa shape index (κ3) is 3.52. The van der Waals surface area contributed by atoms with Crippen LogP contribution in [0.4, 0.5) is 0 Å². The van der Waals surface area contributed by atoms with E-state index in [9.17, 15) is 0 Å². The first-order chi connectivity index (χ1) is 3.18. The molecule has 6 heteroatoms. The van der Waals surface area contributed by atoms with E-state index in [1.165, 1.54) is 51.2 Å². The van der Waals surface area contributed by atoms with Gasteiger partial charge < -0.3 is 0 Å². The molecule has 3 unspecified atom stereocenters. The summed E-state index contributed by atoms with van der Waals surface area (Å²) in [5.41, 5.74) is 5.34. The molecule has 0 aromatic rings. The van der Waals surface area contributed by atoms with Crippen LogP contribution in [0.1, 0.15) is 0 Å². The molecular formula is CH8As3N3. The van der Waals surface area contributed by atoms with Gasteiger partial charge in [-0.25, -0.2) is 0 Å². The van der Waals surface area contributed by atoms with E-state index in [1.54, 1.807) is 0 Å². The number of rotatable bonds is 0. The summed E-state index contributed by atoms with van der Waals surface area (Å²) in [6.45, 7) is 0. The van der Waals surface area contributed by atoms with Crippen LogP contribution in [-0.4, -0.2) is 59.9 Å². The van der Waals surface area contributed by atoms with Gasteiger partial charge in [-0.3, -0.25) is 0 Å². The zero-order valence-electron chi connectivity index (χ0n) is 3.70. The Kier molecular flexibility index (Phi) is 4.41. The monoisotopic (exact) mass is 287 g/mol. The van der Waals surface area contributed by atoms with Crippen molar-refractivity contribution in [2.45, 2.75) is 0 Å². The summed E-state index contributed by atoms with van der Waals surface area (Å²) < 4.78 is 5.69. The molecule has 0 fully saturated rings. The third-order valence-corrected chi connectivity index (χ3v) is 2.06. The van der Waals surface area contributed by atoms with Crippen LogP contribution in [0.2, 0.25) is 0 Å². The van der Waals surface area contributed by atoms with Crippen LogP contribution in [0.25, 0.3) is 0 Å². The number of hydrogen-bond donors (Lipinski definition) is 1. The Morgan fingerprint density at radius 1 is 1.57 bits per heavy atom. The second-order valence-corrected chi connectivity index (χ2v) is 6.40. The van der Waals surface area contributed by atoms with Crippen molar-refractivity contribution in [3.8, 4) is 0 Å². The molecule has 3 atom stereocenters. The van der Waals surface area contributed by atoms with Crippen LogP contribution in [0.5, 0.6) is 0 Å². The third-order valence-electron chi connectivity index (χ3n) is 0.397. The van der Waals surface area contributed by atoms with Gasteiger partial charge in [-0.15, -0.1) is 0 Å². The molecule has 0 aliphatic heterocycles. The van der Waals surface area contributed by atoms with Crippen molar-refractivity contribution in [1.29, 1.82) is 0 Å². The van der Waals surface area contributed by atoms with E-state index in [4.69, 9.17) is 5.73 Å². The molecule has 0 aromatic carbocycles. The van der Waals surface area contributed by atoms with E-state index >= 15 is 0 Å². The Hall–Kier alpha value is 0.945. The molecule has 0 aliphatic carbocycles. The van der Waals surface area contributed by atoms with Crippen molar-refractivity contribution in [2.75, 3.05) is 0 Å². The standard InChI is InChI=1S/CH8As3N3/c2-6-1(5)7(3)4/h2-4H2,(H2,5,6). The molecule has 7 heavy (non-hydrogen) atoms. The Bertz CT molecular complexity index is 78.2. The second-order valence-electron chi connectivity index (χ2n) is 0.895. The maximum atomic E-state index is 5.34. The van der Waals surface area contributed by atoms with Crippen LogP contribution in [-0.2, 0) is 0 Å². The molecule has 42 valence electrons. The fourth-order valence-electron chi connectivity index (χ4n) is 0.0667. The molecule has 0 saturated heterocycles. The molecule has 0 spiro atoms. The van der Waals surface area contributed by atoms with E-state index in [0.29, 0.717) is 5.96 Å². The van der Waals surface area contributed by atoms with Gasteiger partial charge in [-0.2, -0.15) is 0 Å². The Balaban J connectivity index is 3.56. The van der Waals surface area contributed by atoms with Crippen LogP contribution in [0.3, 0.4) is 0 Å². The molecule has 0 heterocycles. The van der Waals surface area contributed by atoms with Gasteiger partial charge >= 0.3 is 69.6 Å². The Morgan fingerprint density at radius 2 is 2.00 bits per heavy atom. The van der Waals surface area contributed by atoms with Crippen molar-refractivity contribution >= 4 is 57.2 Å². The first-order valence-corrected chi connectivity index (χ1v) is 4.76. The van der Waals surface area contributed by atoms with Gasteiger partial charge in [0.15, 0.2) is 0 Å². The fraction of sp³-hybridized carbons (Fsp3) is 0. The molecule has 0 bridgehead atoms. The topological polar surface area (TPSA) is 41.6 Å². The Morgan fingerprint density at radius 3 is 2.00 bits per heavy atom. The first-order valence-electron chi connectivity index (χ1n) is 1.51. The maximum absolute atomic E-state index is 5.34. The average Bonchev–Trinajstić information content (AvgIpc) is 1.65. The number of nitrogens with zero attached hydrogens (tertiary/aromatic N) is 2. The predicted molar refractivity (Wildman–Crippen MR) is 39.1 cm³/mol. The zero-order valence-corrected chi connectivity index (χ0v) is 11.0. The van der Waals surface area contributed by atoms with E-state index in [0.717, 1.165) is 0 Å². The van der Waals surface area contributed by atoms with Gasteiger partial charge in [-0.1, -0.05) is 0 Å². The summed E-state index contributed by atoms with van der Waals surface area (Å²) in [6, 6.07) is 0. The molecule has 0 rings (SSSR count). The molecule has 3 nitrogen and oxygen atoms in total. The van der Waals surface area contributed by atoms with Crippen molar-refractivity contribution in [3.63, 3.8) is 0 Å². The number of guanidine groups is 1.